The van der Waals surface area contributed by atoms with Crippen LogP contribution in [0.3, 0.4) is 0 Å². The molecule has 1 N–H and O–H groups in total. The first-order valence-electron chi connectivity index (χ1n) is 7.22. The normalized spacial score (nSPS) is 23.7. The van der Waals surface area contributed by atoms with Crippen molar-refractivity contribution in [1.29, 1.82) is 0 Å². The molecule has 4 heteroatoms. The van der Waals surface area contributed by atoms with Crippen LogP contribution in [0.15, 0.2) is 16.7 Å². The van der Waals surface area contributed by atoms with Gasteiger partial charge in [0.2, 0.25) is 0 Å². The molecule has 2 rings (SSSR count). The van der Waals surface area contributed by atoms with Crippen molar-refractivity contribution in [2.24, 2.45) is 11.8 Å². The molecule has 0 aliphatic carbocycles. The van der Waals surface area contributed by atoms with E-state index in [1.54, 1.807) is 0 Å². The molecule has 2 atom stereocenters. The SMILES string of the molecule is CCNCc1cc(Br)cnc1N1CCC(C)C(C)C1. The highest BCUT2D eigenvalue weighted by molar-refractivity contribution is 9.10. The minimum absolute atomic E-state index is 0.742. The van der Waals surface area contributed by atoms with Crippen LogP contribution in [-0.2, 0) is 6.54 Å². The second kappa shape index (κ2) is 6.71. The Morgan fingerprint density at radius 1 is 1.42 bits per heavy atom. The lowest BCUT2D eigenvalue weighted by Crippen LogP contribution is -2.39. The molecule has 3 nitrogen and oxygen atoms in total. The van der Waals surface area contributed by atoms with E-state index in [0.717, 1.165) is 48.3 Å². The third-order valence-electron chi connectivity index (χ3n) is 4.11. The predicted octanol–water partition coefficient (Wildman–Crippen LogP) is 3.44. The summed E-state index contributed by atoms with van der Waals surface area (Å²) >= 11 is 3.52. The van der Waals surface area contributed by atoms with Gasteiger partial charge in [0, 0.05) is 35.9 Å². The number of nitrogens with zero attached hydrogens (tertiary/aromatic N) is 2. The average Bonchev–Trinajstić information content (AvgIpc) is 2.40. The number of aromatic nitrogens is 1. The first-order valence-corrected chi connectivity index (χ1v) is 8.01. The zero-order valence-corrected chi connectivity index (χ0v) is 13.7. The summed E-state index contributed by atoms with van der Waals surface area (Å²) in [4.78, 5) is 7.10. The maximum absolute atomic E-state index is 4.65. The summed E-state index contributed by atoms with van der Waals surface area (Å²) in [5, 5.41) is 3.40. The highest BCUT2D eigenvalue weighted by atomic mass is 79.9. The summed E-state index contributed by atoms with van der Waals surface area (Å²) in [7, 11) is 0. The van der Waals surface area contributed by atoms with Crippen LogP contribution in [0, 0.1) is 11.8 Å². The van der Waals surface area contributed by atoms with E-state index in [9.17, 15) is 0 Å². The Kier molecular flexibility index (Phi) is 5.22. The topological polar surface area (TPSA) is 28.2 Å². The van der Waals surface area contributed by atoms with Crippen LogP contribution in [-0.4, -0.2) is 24.6 Å². The molecule has 0 spiro atoms. The van der Waals surface area contributed by atoms with Crippen LogP contribution in [0.25, 0.3) is 0 Å². The van der Waals surface area contributed by atoms with Gasteiger partial charge in [0.05, 0.1) is 0 Å². The van der Waals surface area contributed by atoms with Gasteiger partial charge in [-0.2, -0.15) is 0 Å². The van der Waals surface area contributed by atoms with E-state index in [-0.39, 0.29) is 0 Å². The van der Waals surface area contributed by atoms with E-state index in [1.807, 2.05) is 6.20 Å². The molecule has 0 saturated carbocycles. The van der Waals surface area contributed by atoms with Crippen LogP contribution in [0.2, 0.25) is 0 Å². The molecule has 0 bridgehead atoms. The number of halogens is 1. The quantitative estimate of drug-likeness (QED) is 0.919. The number of pyridine rings is 1. The van der Waals surface area contributed by atoms with Gasteiger partial charge >= 0.3 is 0 Å². The van der Waals surface area contributed by atoms with E-state index in [4.69, 9.17) is 0 Å². The molecule has 19 heavy (non-hydrogen) atoms. The molecule has 2 heterocycles. The van der Waals surface area contributed by atoms with Crippen LogP contribution in [0.4, 0.5) is 5.82 Å². The van der Waals surface area contributed by atoms with Crippen molar-refractivity contribution in [2.45, 2.75) is 33.7 Å². The molecule has 0 amide bonds. The van der Waals surface area contributed by atoms with Crippen molar-refractivity contribution >= 4 is 21.7 Å². The van der Waals surface area contributed by atoms with E-state index in [1.165, 1.54) is 12.0 Å². The fraction of sp³-hybridized carbons (Fsp3) is 0.667. The summed E-state index contributed by atoms with van der Waals surface area (Å²) in [6.07, 6.45) is 3.17. The molecular weight excluding hydrogens is 302 g/mol. The lowest BCUT2D eigenvalue weighted by molar-refractivity contribution is 0.322. The van der Waals surface area contributed by atoms with Crippen LogP contribution in [0.1, 0.15) is 32.8 Å². The van der Waals surface area contributed by atoms with Gasteiger partial charge in [-0.15, -0.1) is 0 Å². The number of nitrogens with one attached hydrogen (secondary N) is 1. The third kappa shape index (κ3) is 3.69. The smallest absolute Gasteiger partial charge is 0.133 e. The van der Waals surface area contributed by atoms with E-state index >= 15 is 0 Å². The van der Waals surface area contributed by atoms with Gasteiger partial charge in [0.1, 0.15) is 5.82 Å². The van der Waals surface area contributed by atoms with Crippen LogP contribution >= 0.6 is 15.9 Å². The predicted molar refractivity (Wildman–Crippen MR) is 84.5 cm³/mol. The monoisotopic (exact) mass is 325 g/mol. The zero-order valence-electron chi connectivity index (χ0n) is 12.1. The number of piperidine rings is 1. The molecule has 1 fully saturated rings. The van der Waals surface area contributed by atoms with Crippen LogP contribution in [0.5, 0.6) is 0 Å². The number of hydrogen-bond acceptors (Lipinski definition) is 3. The largest absolute Gasteiger partial charge is 0.356 e. The van der Waals surface area contributed by atoms with E-state index in [2.05, 4.69) is 58.0 Å². The van der Waals surface area contributed by atoms with Crippen LogP contribution < -0.4 is 10.2 Å². The Hall–Kier alpha value is -0.610. The second-order valence-electron chi connectivity index (χ2n) is 5.61. The fourth-order valence-electron chi connectivity index (χ4n) is 2.60. The molecule has 1 aliphatic heterocycles. The van der Waals surface area contributed by atoms with Crippen molar-refractivity contribution < 1.29 is 0 Å². The van der Waals surface area contributed by atoms with Crippen molar-refractivity contribution in [1.82, 2.24) is 10.3 Å². The van der Waals surface area contributed by atoms with Gasteiger partial charge in [-0.25, -0.2) is 4.98 Å². The Morgan fingerprint density at radius 2 is 2.21 bits per heavy atom. The fourth-order valence-corrected chi connectivity index (χ4v) is 2.98. The van der Waals surface area contributed by atoms with Gasteiger partial charge in [-0.1, -0.05) is 20.8 Å². The summed E-state index contributed by atoms with van der Waals surface area (Å²) in [5.41, 5.74) is 1.29. The summed E-state index contributed by atoms with van der Waals surface area (Å²) in [5.74, 6) is 2.72. The first-order chi connectivity index (χ1) is 9.11. The molecule has 1 saturated heterocycles. The minimum atomic E-state index is 0.742. The van der Waals surface area contributed by atoms with E-state index < -0.39 is 0 Å². The highest BCUT2D eigenvalue weighted by Gasteiger charge is 2.24. The lowest BCUT2D eigenvalue weighted by atomic mass is 9.88. The highest BCUT2D eigenvalue weighted by Crippen LogP contribution is 2.29. The third-order valence-corrected chi connectivity index (χ3v) is 4.54. The molecule has 0 radical (unpaired) electrons. The molecule has 2 unspecified atom stereocenters. The average molecular weight is 326 g/mol. The summed E-state index contributed by atoms with van der Waals surface area (Å²) in [6, 6.07) is 2.19. The van der Waals surface area contributed by atoms with Crippen molar-refractivity contribution in [3.8, 4) is 0 Å². The molecule has 1 aliphatic rings. The standard InChI is InChI=1S/C15H24BrN3/c1-4-17-8-13-7-14(16)9-18-15(13)19-6-5-11(2)12(3)10-19/h7,9,11-12,17H,4-6,8,10H2,1-3H3. The Balaban J connectivity index is 2.18. The maximum atomic E-state index is 4.65. The van der Waals surface area contributed by atoms with Crippen molar-refractivity contribution in [3.05, 3.63) is 22.3 Å². The summed E-state index contributed by atoms with van der Waals surface area (Å²) < 4.78 is 1.06. The Morgan fingerprint density at radius 3 is 2.89 bits per heavy atom. The van der Waals surface area contributed by atoms with Gasteiger partial charge in [-0.05, 0) is 46.8 Å². The summed E-state index contributed by atoms with van der Waals surface area (Å²) in [6.45, 7) is 11.0. The lowest BCUT2D eigenvalue weighted by Gasteiger charge is -2.37. The van der Waals surface area contributed by atoms with Crippen molar-refractivity contribution in [3.63, 3.8) is 0 Å². The molecular formula is C15H24BrN3. The van der Waals surface area contributed by atoms with Gasteiger partial charge in [0.15, 0.2) is 0 Å². The first kappa shape index (κ1) is 14.8. The zero-order chi connectivity index (χ0) is 13.8. The molecule has 1 aromatic rings. The molecule has 1 aromatic heterocycles. The molecule has 0 aromatic carbocycles. The van der Waals surface area contributed by atoms with E-state index in [0.29, 0.717) is 0 Å². The maximum Gasteiger partial charge on any atom is 0.133 e. The number of hydrogen-bond donors (Lipinski definition) is 1. The Bertz CT molecular complexity index is 422. The van der Waals surface area contributed by atoms with Gasteiger partial charge < -0.3 is 10.2 Å². The Labute approximate surface area is 124 Å². The van der Waals surface area contributed by atoms with Gasteiger partial charge in [-0.3, -0.25) is 0 Å². The molecule has 106 valence electrons. The number of rotatable bonds is 4. The minimum Gasteiger partial charge on any atom is -0.356 e. The second-order valence-corrected chi connectivity index (χ2v) is 6.52. The van der Waals surface area contributed by atoms with Crippen molar-refractivity contribution in [2.75, 3.05) is 24.5 Å². The number of anilines is 1. The van der Waals surface area contributed by atoms with Gasteiger partial charge in [0.25, 0.3) is 0 Å².